The van der Waals surface area contributed by atoms with E-state index in [2.05, 4.69) is 9.97 Å². The minimum Gasteiger partial charge on any atom is -0.443 e. The summed E-state index contributed by atoms with van der Waals surface area (Å²) in [5, 5.41) is 10.4. The summed E-state index contributed by atoms with van der Waals surface area (Å²) in [7, 11) is 3.52. The number of aliphatic hydroxyl groups excluding tert-OH is 1. The smallest absolute Gasteiger partial charge is 0.414 e. The molecule has 0 saturated carbocycles. The fourth-order valence-electron chi connectivity index (χ4n) is 2.83. The van der Waals surface area contributed by atoms with Crippen molar-refractivity contribution in [2.24, 2.45) is 7.05 Å². The number of hydrogen-bond acceptors (Lipinski definition) is 5. The van der Waals surface area contributed by atoms with Gasteiger partial charge in [0.15, 0.2) is 0 Å². The fourth-order valence-corrected chi connectivity index (χ4v) is 2.83. The van der Waals surface area contributed by atoms with E-state index in [1.165, 1.54) is 4.90 Å². The molecular formula is C20H24N4O3. The van der Waals surface area contributed by atoms with Crippen molar-refractivity contribution >= 4 is 22.8 Å². The van der Waals surface area contributed by atoms with E-state index < -0.39 is 11.7 Å². The van der Waals surface area contributed by atoms with Crippen LogP contribution in [0.5, 0.6) is 0 Å². The normalized spacial score (nSPS) is 11.6. The number of pyridine rings is 2. The molecule has 3 rings (SSSR count). The van der Waals surface area contributed by atoms with Gasteiger partial charge in [0, 0.05) is 36.9 Å². The highest BCUT2D eigenvalue weighted by molar-refractivity contribution is 5.93. The summed E-state index contributed by atoms with van der Waals surface area (Å²) in [5.41, 5.74) is 3.33. The molecule has 0 spiro atoms. The van der Waals surface area contributed by atoms with E-state index in [1.807, 2.05) is 56.7 Å². The summed E-state index contributed by atoms with van der Waals surface area (Å²) in [5.74, 6) is 0. The summed E-state index contributed by atoms with van der Waals surface area (Å²) < 4.78 is 7.24. The van der Waals surface area contributed by atoms with E-state index in [4.69, 9.17) is 4.74 Å². The number of nitrogens with zero attached hydrogens (tertiary/aromatic N) is 4. The molecule has 3 aromatic heterocycles. The number of fused-ring (bicyclic) bond motifs is 1. The van der Waals surface area contributed by atoms with Crippen LogP contribution in [0, 0.1) is 0 Å². The highest BCUT2D eigenvalue weighted by Gasteiger charge is 2.21. The molecule has 142 valence electrons. The van der Waals surface area contributed by atoms with Gasteiger partial charge in [-0.2, -0.15) is 0 Å². The van der Waals surface area contributed by atoms with E-state index in [-0.39, 0.29) is 6.61 Å². The lowest BCUT2D eigenvalue weighted by Gasteiger charge is -2.24. The van der Waals surface area contributed by atoms with E-state index in [0.717, 1.165) is 28.0 Å². The van der Waals surface area contributed by atoms with Crippen molar-refractivity contribution in [1.29, 1.82) is 0 Å². The molecule has 0 unspecified atom stereocenters. The second-order valence-corrected chi connectivity index (χ2v) is 7.39. The summed E-state index contributed by atoms with van der Waals surface area (Å²) in [6.07, 6.45) is 2.93. The Kier molecular flexibility index (Phi) is 4.89. The summed E-state index contributed by atoms with van der Waals surface area (Å²) in [6, 6.07) is 7.49. The number of ether oxygens (including phenoxy) is 1. The number of aryl methyl sites for hydroxylation is 1. The minimum absolute atomic E-state index is 0.0562. The maximum atomic E-state index is 12.2. The number of hydrogen-bond donors (Lipinski definition) is 1. The third kappa shape index (κ3) is 3.78. The molecule has 27 heavy (non-hydrogen) atoms. The monoisotopic (exact) mass is 368 g/mol. The van der Waals surface area contributed by atoms with Crippen molar-refractivity contribution in [2.75, 3.05) is 11.9 Å². The highest BCUT2D eigenvalue weighted by atomic mass is 16.6. The molecule has 0 aromatic carbocycles. The number of aromatic nitrogens is 3. The number of amides is 1. The van der Waals surface area contributed by atoms with Crippen molar-refractivity contribution in [3.05, 3.63) is 42.4 Å². The van der Waals surface area contributed by atoms with E-state index in [9.17, 15) is 9.90 Å². The number of anilines is 1. The molecule has 0 aliphatic carbocycles. The highest BCUT2D eigenvalue weighted by Crippen LogP contribution is 2.29. The molecule has 0 fully saturated rings. The van der Waals surface area contributed by atoms with Crippen LogP contribution in [-0.2, 0) is 18.4 Å². The first-order valence-corrected chi connectivity index (χ1v) is 8.68. The van der Waals surface area contributed by atoms with Crippen LogP contribution >= 0.6 is 0 Å². The fraction of sp³-hybridized carbons (Fsp3) is 0.350. The SMILES string of the molecule is CN(C(=O)OC(C)(C)C)c1ccc(-c2ccnc3c2cc(CO)n3C)nc1. The Labute approximate surface area is 158 Å². The van der Waals surface area contributed by atoms with E-state index in [1.54, 1.807) is 19.4 Å². The van der Waals surface area contributed by atoms with Crippen molar-refractivity contribution in [3.63, 3.8) is 0 Å². The number of rotatable bonds is 3. The van der Waals surface area contributed by atoms with Gasteiger partial charge < -0.3 is 14.4 Å². The Balaban J connectivity index is 1.92. The summed E-state index contributed by atoms with van der Waals surface area (Å²) in [4.78, 5) is 22.5. The van der Waals surface area contributed by atoms with Gasteiger partial charge >= 0.3 is 6.09 Å². The number of aliphatic hydroxyl groups is 1. The molecule has 0 atom stereocenters. The van der Waals surface area contributed by atoms with Gasteiger partial charge in [-0.15, -0.1) is 0 Å². The zero-order valence-electron chi connectivity index (χ0n) is 16.2. The van der Waals surface area contributed by atoms with Crippen LogP contribution in [-0.4, -0.2) is 38.4 Å². The largest absolute Gasteiger partial charge is 0.443 e. The molecule has 7 heteroatoms. The van der Waals surface area contributed by atoms with Gasteiger partial charge in [0.25, 0.3) is 0 Å². The minimum atomic E-state index is -0.556. The summed E-state index contributed by atoms with van der Waals surface area (Å²) >= 11 is 0. The predicted octanol–water partition coefficient (Wildman–Crippen LogP) is 3.50. The second-order valence-electron chi connectivity index (χ2n) is 7.39. The van der Waals surface area contributed by atoms with Gasteiger partial charge in [-0.25, -0.2) is 9.78 Å². The quantitative estimate of drug-likeness (QED) is 0.765. The van der Waals surface area contributed by atoms with Crippen LogP contribution in [0.4, 0.5) is 10.5 Å². The van der Waals surface area contributed by atoms with Crippen LogP contribution in [0.3, 0.4) is 0 Å². The average molecular weight is 368 g/mol. The first-order valence-electron chi connectivity index (χ1n) is 8.68. The maximum Gasteiger partial charge on any atom is 0.414 e. The lowest BCUT2D eigenvalue weighted by Crippen LogP contribution is -2.34. The Morgan fingerprint density at radius 2 is 2.00 bits per heavy atom. The van der Waals surface area contributed by atoms with Gasteiger partial charge in [0.1, 0.15) is 11.2 Å². The van der Waals surface area contributed by atoms with Crippen LogP contribution in [0.2, 0.25) is 0 Å². The van der Waals surface area contributed by atoms with Crippen LogP contribution < -0.4 is 4.90 Å². The molecule has 1 amide bonds. The Hall–Kier alpha value is -2.93. The first kappa shape index (κ1) is 18.8. The van der Waals surface area contributed by atoms with E-state index >= 15 is 0 Å². The molecule has 3 heterocycles. The van der Waals surface area contributed by atoms with Crippen molar-refractivity contribution in [2.45, 2.75) is 33.0 Å². The van der Waals surface area contributed by atoms with Crippen LogP contribution in [0.25, 0.3) is 22.3 Å². The predicted molar refractivity (Wildman–Crippen MR) is 105 cm³/mol. The lowest BCUT2D eigenvalue weighted by atomic mass is 10.1. The van der Waals surface area contributed by atoms with Gasteiger partial charge in [0.2, 0.25) is 0 Å². The van der Waals surface area contributed by atoms with Crippen molar-refractivity contribution < 1.29 is 14.6 Å². The number of carbonyl (C=O) groups is 1. The molecule has 0 radical (unpaired) electrons. The lowest BCUT2D eigenvalue weighted by molar-refractivity contribution is 0.0589. The molecule has 0 bridgehead atoms. The van der Waals surface area contributed by atoms with Crippen LogP contribution in [0.15, 0.2) is 36.7 Å². The Morgan fingerprint density at radius 3 is 2.59 bits per heavy atom. The average Bonchev–Trinajstić information content (AvgIpc) is 2.96. The van der Waals surface area contributed by atoms with Gasteiger partial charge in [-0.3, -0.25) is 9.88 Å². The molecule has 0 aliphatic rings. The number of carbonyl (C=O) groups excluding carboxylic acids is 1. The topological polar surface area (TPSA) is 80.5 Å². The molecule has 1 N–H and O–H groups in total. The van der Waals surface area contributed by atoms with Gasteiger partial charge in [0.05, 0.1) is 24.2 Å². The molecule has 0 aliphatic heterocycles. The second kappa shape index (κ2) is 7.00. The molecule has 0 saturated heterocycles. The zero-order chi connectivity index (χ0) is 19.8. The Bertz CT molecular complexity index is 971. The van der Waals surface area contributed by atoms with Crippen molar-refractivity contribution in [1.82, 2.24) is 14.5 Å². The van der Waals surface area contributed by atoms with Gasteiger partial charge in [-0.05, 0) is 45.0 Å². The zero-order valence-corrected chi connectivity index (χ0v) is 16.2. The first-order chi connectivity index (χ1) is 12.7. The molecule has 7 nitrogen and oxygen atoms in total. The Morgan fingerprint density at radius 1 is 1.26 bits per heavy atom. The van der Waals surface area contributed by atoms with Crippen LogP contribution in [0.1, 0.15) is 26.5 Å². The molecule has 3 aromatic rings. The standard InChI is InChI=1S/C20H24N4O3/c1-20(2,3)27-19(26)24(5)13-6-7-17(22-11-13)15-8-9-21-18-16(15)10-14(12-25)23(18)4/h6-11,25H,12H2,1-5H3. The molecular weight excluding hydrogens is 344 g/mol. The third-order valence-corrected chi connectivity index (χ3v) is 4.27. The van der Waals surface area contributed by atoms with Gasteiger partial charge in [-0.1, -0.05) is 0 Å². The summed E-state index contributed by atoms with van der Waals surface area (Å²) in [6.45, 7) is 5.43. The maximum absolute atomic E-state index is 12.2. The van der Waals surface area contributed by atoms with Crippen molar-refractivity contribution in [3.8, 4) is 11.3 Å². The third-order valence-electron chi connectivity index (χ3n) is 4.27. The van der Waals surface area contributed by atoms with E-state index in [0.29, 0.717) is 5.69 Å².